The van der Waals surface area contributed by atoms with Gasteiger partial charge in [0.1, 0.15) is 5.78 Å². The second-order valence-electron chi connectivity index (χ2n) is 4.69. The third kappa shape index (κ3) is 1.74. The first-order chi connectivity index (χ1) is 8.65. The Balaban J connectivity index is 2.07. The van der Waals surface area contributed by atoms with Gasteiger partial charge < -0.3 is 18.8 Å². The molecular formula is C14H15NO3. The number of hydrogen-bond donors (Lipinski definition) is 0. The molecule has 0 bridgehead atoms. The second kappa shape index (κ2) is 4.05. The highest BCUT2D eigenvalue weighted by Gasteiger charge is 2.17. The van der Waals surface area contributed by atoms with Gasteiger partial charge >= 0.3 is 0 Å². The number of carbonyl (C=O) groups excluding carboxylic acids is 1. The minimum atomic E-state index is 0.216. The first kappa shape index (κ1) is 11.1. The van der Waals surface area contributed by atoms with Gasteiger partial charge in [0, 0.05) is 31.1 Å². The van der Waals surface area contributed by atoms with Gasteiger partial charge in [-0.15, -0.1) is 0 Å². The van der Waals surface area contributed by atoms with Crippen molar-refractivity contribution >= 4 is 16.7 Å². The monoisotopic (exact) mass is 245 g/mol. The fourth-order valence-electron chi connectivity index (χ4n) is 2.36. The second-order valence-corrected chi connectivity index (χ2v) is 4.69. The van der Waals surface area contributed by atoms with Crippen LogP contribution in [0, 0.1) is 0 Å². The van der Waals surface area contributed by atoms with Gasteiger partial charge in [-0.2, -0.15) is 0 Å². The summed E-state index contributed by atoms with van der Waals surface area (Å²) >= 11 is 0. The number of fused-ring (bicyclic) bond motifs is 2. The van der Waals surface area contributed by atoms with E-state index in [4.69, 9.17) is 9.47 Å². The number of rotatable bonds is 3. The molecule has 1 aliphatic heterocycles. The van der Waals surface area contributed by atoms with Crippen molar-refractivity contribution in [2.24, 2.45) is 7.05 Å². The number of benzene rings is 1. The first-order valence-electron chi connectivity index (χ1n) is 6.02. The molecule has 94 valence electrons. The Labute approximate surface area is 105 Å². The molecule has 3 rings (SSSR count). The Hall–Kier alpha value is -1.97. The molecule has 0 spiro atoms. The third-order valence-electron chi connectivity index (χ3n) is 3.31. The molecule has 0 atom stereocenters. The first-order valence-corrected chi connectivity index (χ1v) is 6.02. The topological polar surface area (TPSA) is 40.5 Å². The van der Waals surface area contributed by atoms with E-state index >= 15 is 0 Å². The average molecular weight is 245 g/mol. The zero-order valence-electron chi connectivity index (χ0n) is 10.5. The Kier molecular flexibility index (Phi) is 2.51. The molecule has 1 aliphatic rings. The van der Waals surface area contributed by atoms with E-state index < -0.39 is 0 Å². The van der Waals surface area contributed by atoms with Crippen molar-refractivity contribution in [1.29, 1.82) is 0 Å². The lowest BCUT2D eigenvalue weighted by molar-refractivity contribution is -0.116. The van der Waals surface area contributed by atoms with Crippen molar-refractivity contribution in [3.05, 3.63) is 23.9 Å². The zero-order valence-corrected chi connectivity index (χ0v) is 10.5. The number of Topliss-reactive ketones (excluding diaryl/α,β-unsaturated/α-hetero) is 1. The molecule has 4 nitrogen and oxygen atoms in total. The van der Waals surface area contributed by atoms with Crippen LogP contribution < -0.4 is 9.47 Å². The molecule has 0 unspecified atom stereocenters. The van der Waals surface area contributed by atoms with Gasteiger partial charge in [0.15, 0.2) is 11.5 Å². The maximum Gasteiger partial charge on any atom is 0.231 e. The standard InChI is InChI=1S/C14H15NO3/c1-9(16)3-4-10-7-15(2)12-6-14-13(5-11(10)12)17-8-18-14/h5-7H,3-4,8H2,1-2H3. The summed E-state index contributed by atoms with van der Waals surface area (Å²) in [6.45, 7) is 1.91. The van der Waals surface area contributed by atoms with Crippen LogP contribution in [0.5, 0.6) is 11.5 Å². The van der Waals surface area contributed by atoms with E-state index in [0.29, 0.717) is 6.42 Å². The van der Waals surface area contributed by atoms with Gasteiger partial charge in [-0.3, -0.25) is 0 Å². The molecule has 0 amide bonds. The van der Waals surface area contributed by atoms with Crippen molar-refractivity contribution in [3.63, 3.8) is 0 Å². The molecular weight excluding hydrogens is 230 g/mol. The number of aryl methyl sites for hydroxylation is 2. The normalized spacial score (nSPS) is 13.2. The van der Waals surface area contributed by atoms with Crippen LogP contribution in [0.15, 0.2) is 18.3 Å². The SMILES string of the molecule is CC(=O)CCc1cn(C)c2cc3c(cc12)OCO3. The molecule has 2 heterocycles. The molecule has 0 saturated heterocycles. The molecule has 4 heteroatoms. The summed E-state index contributed by atoms with van der Waals surface area (Å²) in [5.41, 5.74) is 2.29. The van der Waals surface area contributed by atoms with Crippen LogP contribution in [-0.2, 0) is 18.3 Å². The third-order valence-corrected chi connectivity index (χ3v) is 3.31. The maximum absolute atomic E-state index is 11.1. The molecule has 0 radical (unpaired) electrons. The summed E-state index contributed by atoms with van der Waals surface area (Å²) in [7, 11) is 2.00. The number of nitrogens with zero attached hydrogens (tertiary/aromatic N) is 1. The van der Waals surface area contributed by atoms with Gasteiger partial charge in [0.05, 0.1) is 5.52 Å². The fourth-order valence-corrected chi connectivity index (χ4v) is 2.36. The molecule has 1 aromatic heterocycles. The van der Waals surface area contributed by atoms with Crippen LogP contribution in [0.4, 0.5) is 0 Å². The van der Waals surface area contributed by atoms with E-state index in [2.05, 4.69) is 10.8 Å². The summed E-state index contributed by atoms with van der Waals surface area (Å²) in [6.07, 6.45) is 3.42. The van der Waals surface area contributed by atoms with Gasteiger partial charge in [0.2, 0.25) is 6.79 Å². The molecule has 0 aliphatic carbocycles. The van der Waals surface area contributed by atoms with Crippen LogP contribution in [0.3, 0.4) is 0 Å². The molecule has 2 aromatic rings. The number of ether oxygens (including phenoxy) is 2. The summed E-state index contributed by atoms with van der Waals surface area (Å²) in [5.74, 6) is 1.80. The fraction of sp³-hybridized carbons (Fsp3) is 0.357. The van der Waals surface area contributed by atoms with E-state index in [0.717, 1.165) is 28.8 Å². The van der Waals surface area contributed by atoms with Crippen molar-refractivity contribution in [2.75, 3.05) is 6.79 Å². The van der Waals surface area contributed by atoms with E-state index in [1.807, 2.05) is 19.2 Å². The summed E-state index contributed by atoms with van der Waals surface area (Å²) in [5, 5.41) is 1.14. The van der Waals surface area contributed by atoms with Gasteiger partial charge in [-0.1, -0.05) is 0 Å². The van der Waals surface area contributed by atoms with Gasteiger partial charge in [-0.25, -0.2) is 0 Å². The Morgan fingerprint density at radius 3 is 2.78 bits per heavy atom. The minimum absolute atomic E-state index is 0.216. The zero-order chi connectivity index (χ0) is 12.7. The Bertz CT molecular complexity index is 627. The van der Waals surface area contributed by atoms with Crippen LogP contribution in [0.2, 0.25) is 0 Å². The highest BCUT2D eigenvalue weighted by molar-refractivity contribution is 5.88. The lowest BCUT2D eigenvalue weighted by atomic mass is 10.1. The largest absolute Gasteiger partial charge is 0.454 e. The maximum atomic E-state index is 11.1. The molecule has 1 aromatic carbocycles. The highest BCUT2D eigenvalue weighted by Crippen LogP contribution is 2.37. The van der Waals surface area contributed by atoms with Gasteiger partial charge in [-0.05, 0) is 25.0 Å². The minimum Gasteiger partial charge on any atom is -0.454 e. The Morgan fingerprint density at radius 1 is 1.33 bits per heavy atom. The number of aromatic nitrogens is 1. The molecule has 0 N–H and O–H groups in total. The molecule has 18 heavy (non-hydrogen) atoms. The predicted octanol–water partition coefficient (Wildman–Crippen LogP) is 2.43. The van der Waals surface area contributed by atoms with E-state index in [-0.39, 0.29) is 12.6 Å². The van der Waals surface area contributed by atoms with Crippen molar-refractivity contribution < 1.29 is 14.3 Å². The van der Waals surface area contributed by atoms with E-state index in [1.165, 1.54) is 5.56 Å². The van der Waals surface area contributed by atoms with Crippen molar-refractivity contribution in [3.8, 4) is 11.5 Å². The van der Waals surface area contributed by atoms with Crippen molar-refractivity contribution in [2.45, 2.75) is 19.8 Å². The summed E-state index contributed by atoms with van der Waals surface area (Å²) in [4.78, 5) is 11.1. The average Bonchev–Trinajstić information content (AvgIpc) is 2.89. The highest BCUT2D eigenvalue weighted by atomic mass is 16.7. The number of ketones is 1. The van der Waals surface area contributed by atoms with Crippen LogP contribution in [0.25, 0.3) is 10.9 Å². The number of hydrogen-bond acceptors (Lipinski definition) is 3. The van der Waals surface area contributed by atoms with Crippen LogP contribution in [0.1, 0.15) is 18.9 Å². The van der Waals surface area contributed by atoms with Crippen molar-refractivity contribution in [1.82, 2.24) is 4.57 Å². The molecule has 0 saturated carbocycles. The smallest absolute Gasteiger partial charge is 0.231 e. The Morgan fingerprint density at radius 2 is 2.06 bits per heavy atom. The van der Waals surface area contributed by atoms with Crippen LogP contribution >= 0.6 is 0 Å². The van der Waals surface area contributed by atoms with E-state index in [9.17, 15) is 4.79 Å². The number of carbonyl (C=O) groups is 1. The quantitative estimate of drug-likeness (QED) is 0.833. The lowest BCUT2D eigenvalue weighted by Gasteiger charge is -2.00. The lowest BCUT2D eigenvalue weighted by Crippen LogP contribution is -1.93. The summed E-state index contributed by atoms with van der Waals surface area (Å²) < 4.78 is 12.8. The predicted molar refractivity (Wildman–Crippen MR) is 68.0 cm³/mol. The van der Waals surface area contributed by atoms with E-state index in [1.54, 1.807) is 6.92 Å². The van der Waals surface area contributed by atoms with Crippen LogP contribution in [-0.4, -0.2) is 17.1 Å². The molecule has 0 fully saturated rings. The summed E-state index contributed by atoms with van der Waals surface area (Å²) in [6, 6.07) is 4.00. The van der Waals surface area contributed by atoms with Gasteiger partial charge in [0.25, 0.3) is 0 Å².